The van der Waals surface area contributed by atoms with Crippen molar-refractivity contribution in [3.63, 3.8) is 0 Å². The Morgan fingerprint density at radius 1 is 1.08 bits per heavy atom. The van der Waals surface area contributed by atoms with Crippen LogP contribution in [0.3, 0.4) is 0 Å². The molecule has 24 heavy (non-hydrogen) atoms. The molecule has 0 fully saturated rings. The Morgan fingerprint density at radius 3 is 2.62 bits per heavy atom. The molecule has 2 aromatic carbocycles. The van der Waals surface area contributed by atoms with Gasteiger partial charge in [-0.3, -0.25) is 15.1 Å². The molecule has 0 atom stereocenters. The lowest BCUT2D eigenvalue weighted by atomic mass is 10.1. The lowest BCUT2D eigenvalue weighted by molar-refractivity contribution is 0.0977. The Hall–Kier alpha value is -2.79. The van der Waals surface area contributed by atoms with Gasteiger partial charge in [0.2, 0.25) is 0 Å². The summed E-state index contributed by atoms with van der Waals surface area (Å²) in [6.45, 7) is 2.08. The number of amides is 1. The van der Waals surface area contributed by atoms with Gasteiger partial charge < -0.3 is 5.32 Å². The average molecular weight is 335 g/mol. The summed E-state index contributed by atoms with van der Waals surface area (Å²) in [5.41, 5.74) is 3.45. The number of hydrogen-bond acceptors (Lipinski definition) is 3. The first kappa shape index (κ1) is 16.1. The Balaban J connectivity index is 1.71. The number of anilines is 1. The summed E-state index contributed by atoms with van der Waals surface area (Å²) in [7, 11) is 0. The zero-order valence-corrected chi connectivity index (χ0v) is 14.1. The highest BCUT2D eigenvalue weighted by Crippen LogP contribution is 2.21. The average Bonchev–Trinajstić information content (AvgIpc) is 2.62. The highest BCUT2D eigenvalue weighted by molar-refractivity contribution is 7.80. The van der Waals surface area contributed by atoms with Crippen LogP contribution in [0.2, 0.25) is 0 Å². The number of aryl methyl sites for hydroxylation is 1. The summed E-state index contributed by atoms with van der Waals surface area (Å²) >= 11 is 5.26. The molecule has 0 spiro atoms. The van der Waals surface area contributed by atoms with Gasteiger partial charge in [0.1, 0.15) is 0 Å². The van der Waals surface area contributed by atoms with E-state index >= 15 is 0 Å². The molecule has 3 aromatic rings. The number of pyridine rings is 1. The van der Waals surface area contributed by atoms with Gasteiger partial charge in [-0.05, 0) is 60.6 Å². The van der Waals surface area contributed by atoms with Crippen LogP contribution in [-0.2, 0) is 6.42 Å². The quantitative estimate of drug-likeness (QED) is 0.712. The van der Waals surface area contributed by atoms with Crippen LogP contribution in [0, 0.1) is 0 Å². The maximum absolute atomic E-state index is 12.3. The normalized spacial score (nSPS) is 10.4. The van der Waals surface area contributed by atoms with E-state index in [0.29, 0.717) is 5.56 Å². The van der Waals surface area contributed by atoms with E-state index in [1.165, 1.54) is 5.56 Å². The SMILES string of the molecule is CCc1ccc(C(=O)NC(=S)Nc2cccc3ncccc23)cc1. The van der Waals surface area contributed by atoms with Gasteiger partial charge in [-0.2, -0.15) is 0 Å². The second-order valence-corrected chi connectivity index (χ2v) is 5.74. The molecule has 2 N–H and O–H groups in total. The summed E-state index contributed by atoms with van der Waals surface area (Å²) in [6, 6.07) is 17.0. The number of fused-ring (bicyclic) bond motifs is 1. The van der Waals surface area contributed by atoms with Crippen molar-refractivity contribution in [2.75, 3.05) is 5.32 Å². The molecule has 0 unspecified atom stereocenters. The van der Waals surface area contributed by atoms with Gasteiger partial charge in [-0.25, -0.2) is 0 Å². The van der Waals surface area contributed by atoms with Crippen LogP contribution in [0.4, 0.5) is 5.69 Å². The van der Waals surface area contributed by atoms with Gasteiger partial charge in [-0.1, -0.05) is 25.1 Å². The predicted molar refractivity (Wildman–Crippen MR) is 101 cm³/mol. The fourth-order valence-electron chi connectivity index (χ4n) is 2.43. The molecule has 1 heterocycles. The molecular formula is C19H17N3OS. The summed E-state index contributed by atoms with van der Waals surface area (Å²) in [6.07, 6.45) is 2.68. The summed E-state index contributed by atoms with van der Waals surface area (Å²) < 4.78 is 0. The highest BCUT2D eigenvalue weighted by Gasteiger charge is 2.09. The minimum absolute atomic E-state index is 0.228. The zero-order chi connectivity index (χ0) is 16.9. The maximum Gasteiger partial charge on any atom is 0.257 e. The second-order valence-electron chi connectivity index (χ2n) is 5.33. The monoisotopic (exact) mass is 335 g/mol. The molecule has 4 nitrogen and oxygen atoms in total. The van der Waals surface area contributed by atoms with Gasteiger partial charge in [0.05, 0.1) is 5.52 Å². The molecule has 0 aliphatic heterocycles. The van der Waals surface area contributed by atoms with Crippen molar-refractivity contribution in [2.45, 2.75) is 13.3 Å². The number of benzene rings is 2. The number of carbonyl (C=O) groups is 1. The third kappa shape index (κ3) is 3.58. The third-order valence-electron chi connectivity index (χ3n) is 3.75. The molecule has 0 bridgehead atoms. The van der Waals surface area contributed by atoms with Crippen LogP contribution >= 0.6 is 12.2 Å². The minimum Gasteiger partial charge on any atom is -0.332 e. The van der Waals surface area contributed by atoms with Crippen LogP contribution in [0.25, 0.3) is 10.9 Å². The fraction of sp³-hybridized carbons (Fsp3) is 0.105. The summed E-state index contributed by atoms with van der Waals surface area (Å²) in [4.78, 5) is 16.6. The number of thiocarbonyl (C=S) groups is 1. The lowest BCUT2D eigenvalue weighted by Gasteiger charge is -2.11. The van der Waals surface area contributed by atoms with E-state index in [1.807, 2.05) is 42.5 Å². The number of nitrogens with zero attached hydrogens (tertiary/aromatic N) is 1. The Bertz CT molecular complexity index is 885. The van der Waals surface area contributed by atoms with Crippen LogP contribution in [0.5, 0.6) is 0 Å². The predicted octanol–water partition coefficient (Wildman–Crippen LogP) is 3.92. The largest absolute Gasteiger partial charge is 0.332 e. The van der Waals surface area contributed by atoms with Crippen molar-refractivity contribution >= 4 is 39.8 Å². The third-order valence-corrected chi connectivity index (χ3v) is 3.95. The molecule has 1 aromatic heterocycles. The number of nitrogens with one attached hydrogen (secondary N) is 2. The zero-order valence-electron chi connectivity index (χ0n) is 13.2. The molecule has 0 saturated heterocycles. The second kappa shape index (κ2) is 7.19. The minimum atomic E-state index is -0.228. The van der Waals surface area contributed by atoms with Crippen molar-refractivity contribution in [3.8, 4) is 0 Å². The molecular weight excluding hydrogens is 318 g/mol. The lowest BCUT2D eigenvalue weighted by Crippen LogP contribution is -2.34. The van der Waals surface area contributed by atoms with Crippen molar-refractivity contribution in [1.82, 2.24) is 10.3 Å². The van der Waals surface area contributed by atoms with E-state index in [9.17, 15) is 4.79 Å². The van der Waals surface area contributed by atoms with Gasteiger partial charge in [0.15, 0.2) is 5.11 Å². The van der Waals surface area contributed by atoms with E-state index in [4.69, 9.17) is 12.2 Å². The van der Waals surface area contributed by atoms with E-state index < -0.39 is 0 Å². The first-order valence-corrected chi connectivity index (χ1v) is 8.13. The molecule has 120 valence electrons. The molecule has 0 radical (unpaired) electrons. The first-order chi connectivity index (χ1) is 11.7. The Labute approximate surface area is 145 Å². The molecule has 0 aliphatic rings. The van der Waals surface area contributed by atoms with E-state index in [2.05, 4.69) is 22.5 Å². The van der Waals surface area contributed by atoms with Crippen LogP contribution in [0.1, 0.15) is 22.8 Å². The highest BCUT2D eigenvalue weighted by atomic mass is 32.1. The Morgan fingerprint density at radius 2 is 1.88 bits per heavy atom. The van der Waals surface area contributed by atoms with Crippen molar-refractivity contribution in [2.24, 2.45) is 0 Å². The van der Waals surface area contributed by atoms with E-state index in [0.717, 1.165) is 23.0 Å². The number of aromatic nitrogens is 1. The van der Waals surface area contributed by atoms with E-state index in [1.54, 1.807) is 18.3 Å². The standard InChI is InChI=1S/C19H17N3OS/c1-2-13-8-10-14(11-9-13)18(23)22-19(24)21-17-7-3-6-16-15(17)5-4-12-20-16/h3-12H,2H2,1H3,(H2,21,22,23,24). The molecule has 0 aliphatic carbocycles. The maximum atomic E-state index is 12.3. The van der Waals surface area contributed by atoms with Gasteiger partial charge in [-0.15, -0.1) is 0 Å². The summed E-state index contributed by atoms with van der Waals surface area (Å²) in [5, 5.41) is 6.98. The topological polar surface area (TPSA) is 54.0 Å². The number of hydrogen-bond donors (Lipinski definition) is 2. The smallest absolute Gasteiger partial charge is 0.257 e. The Kier molecular flexibility index (Phi) is 4.82. The van der Waals surface area contributed by atoms with Crippen molar-refractivity contribution in [3.05, 3.63) is 71.9 Å². The van der Waals surface area contributed by atoms with Crippen LogP contribution in [-0.4, -0.2) is 16.0 Å². The fourth-order valence-corrected chi connectivity index (χ4v) is 2.64. The molecule has 3 rings (SSSR count). The summed E-state index contributed by atoms with van der Waals surface area (Å²) in [5.74, 6) is -0.228. The van der Waals surface area contributed by atoms with Gasteiger partial charge in [0.25, 0.3) is 5.91 Å². The van der Waals surface area contributed by atoms with Gasteiger partial charge >= 0.3 is 0 Å². The first-order valence-electron chi connectivity index (χ1n) is 7.72. The van der Waals surface area contributed by atoms with Crippen LogP contribution < -0.4 is 10.6 Å². The van der Waals surface area contributed by atoms with Crippen LogP contribution in [0.15, 0.2) is 60.8 Å². The van der Waals surface area contributed by atoms with Crippen molar-refractivity contribution < 1.29 is 4.79 Å². The molecule has 5 heteroatoms. The van der Waals surface area contributed by atoms with Crippen molar-refractivity contribution in [1.29, 1.82) is 0 Å². The number of carbonyl (C=O) groups excluding carboxylic acids is 1. The molecule has 0 saturated carbocycles. The number of rotatable bonds is 3. The van der Waals surface area contributed by atoms with Gasteiger partial charge in [0, 0.05) is 22.8 Å². The molecule has 1 amide bonds. The van der Waals surface area contributed by atoms with E-state index in [-0.39, 0.29) is 11.0 Å².